The van der Waals surface area contributed by atoms with Crippen LogP contribution in [0.3, 0.4) is 0 Å². The summed E-state index contributed by atoms with van der Waals surface area (Å²) in [6.45, 7) is 7.74. The zero-order valence-electron chi connectivity index (χ0n) is 26.3. The zero-order chi connectivity index (χ0) is 33.3. The molecule has 16 heteroatoms. The number of rotatable bonds is 8. The minimum atomic E-state index is -2.99. The van der Waals surface area contributed by atoms with E-state index in [2.05, 4.69) is 53.5 Å². The minimum Gasteiger partial charge on any atom is -0.480 e. The molecule has 0 amide bonds. The maximum absolute atomic E-state index is 13.8. The van der Waals surface area contributed by atoms with E-state index < -0.39 is 36.0 Å². The molecule has 2 N–H and O–H groups in total. The molecule has 3 atom stereocenters. The van der Waals surface area contributed by atoms with Gasteiger partial charge in [-0.1, -0.05) is 11.8 Å². The third kappa shape index (κ3) is 6.50. The molecule has 0 aliphatic carbocycles. The van der Waals surface area contributed by atoms with E-state index in [9.17, 15) is 18.7 Å². The number of morpholine rings is 2. The van der Waals surface area contributed by atoms with Crippen molar-refractivity contribution in [2.24, 2.45) is 0 Å². The predicted molar refractivity (Wildman–Crippen MR) is 167 cm³/mol. The molecule has 7 rings (SSSR count). The highest BCUT2D eigenvalue weighted by atomic mass is 19.3. The van der Waals surface area contributed by atoms with Gasteiger partial charge in [0.15, 0.2) is 5.82 Å². The third-order valence-electron chi connectivity index (χ3n) is 9.18. The molecule has 0 unspecified atom stereocenters. The molecule has 3 aromatic heterocycles. The molecule has 0 saturated carbocycles. The van der Waals surface area contributed by atoms with Crippen molar-refractivity contribution in [2.45, 2.75) is 43.6 Å². The van der Waals surface area contributed by atoms with Gasteiger partial charge in [0.1, 0.15) is 23.4 Å². The van der Waals surface area contributed by atoms with E-state index in [0.29, 0.717) is 68.9 Å². The summed E-state index contributed by atoms with van der Waals surface area (Å²) in [5.41, 5.74) is 1.36. The van der Waals surface area contributed by atoms with Crippen molar-refractivity contribution in [3.8, 4) is 29.2 Å². The number of carbonyl (C=O) groups is 1. The Morgan fingerprint density at radius 2 is 2.00 bits per heavy atom. The molecule has 14 nitrogen and oxygen atoms in total. The van der Waals surface area contributed by atoms with Crippen molar-refractivity contribution >= 4 is 17.6 Å². The lowest BCUT2D eigenvalue weighted by Crippen LogP contribution is -2.68. The second-order valence-corrected chi connectivity index (χ2v) is 12.2. The van der Waals surface area contributed by atoms with Crippen molar-refractivity contribution < 1.29 is 37.6 Å². The number of pyridine rings is 1. The number of H-pyrrole nitrogens is 1. The maximum Gasteiger partial charge on any atom is 0.326 e. The van der Waals surface area contributed by atoms with Gasteiger partial charge >= 0.3 is 5.97 Å². The lowest BCUT2D eigenvalue weighted by Gasteiger charge is -2.53. The van der Waals surface area contributed by atoms with E-state index in [1.807, 2.05) is 6.07 Å². The smallest absolute Gasteiger partial charge is 0.326 e. The van der Waals surface area contributed by atoms with Gasteiger partial charge in [-0.2, -0.15) is 9.97 Å². The van der Waals surface area contributed by atoms with Crippen LogP contribution in [0.5, 0.6) is 5.88 Å². The van der Waals surface area contributed by atoms with Gasteiger partial charge in [-0.05, 0) is 25.1 Å². The first-order valence-electron chi connectivity index (χ1n) is 15.9. The Bertz CT molecular complexity index is 1670. The van der Waals surface area contributed by atoms with E-state index >= 15 is 0 Å². The first-order valence-corrected chi connectivity index (χ1v) is 15.9. The number of hydrogen-bond donors (Lipinski definition) is 2. The zero-order valence-corrected chi connectivity index (χ0v) is 26.3. The van der Waals surface area contributed by atoms with Crippen LogP contribution >= 0.6 is 0 Å². The van der Waals surface area contributed by atoms with Crippen LogP contribution in [0.1, 0.15) is 31.2 Å². The molecule has 3 aromatic rings. The van der Waals surface area contributed by atoms with Crippen LogP contribution in [0.15, 0.2) is 30.6 Å². The first kappa shape index (κ1) is 32.1. The van der Waals surface area contributed by atoms with Gasteiger partial charge < -0.3 is 38.8 Å². The fourth-order valence-electron chi connectivity index (χ4n) is 6.41. The van der Waals surface area contributed by atoms with Gasteiger partial charge in [-0.25, -0.2) is 23.5 Å². The largest absolute Gasteiger partial charge is 0.480 e. The van der Waals surface area contributed by atoms with Gasteiger partial charge in [0.05, 0.1) is 57.9 Å². The van der Waals surface area contributed by atoms with Crippen LogP contribution in [-0.2, 0) is 19.0 Å². The summed E-state index contributed by atoms with van der Waals surface area (Å²) in [6.07, 6.45) is -0.360. The summed E-state index contributed by atoms with van der Waals surface area (Å²) in [5.74, 6) is 4.69. The van der Waals surface area contributed by atoms with Crippen LogP contribution in [0.4, 0.5) is 20.4 Å². The quantitative estimate of drug-likeness (QED) is 0.338. The van der Waals surface area contributed by atoms with Crippen molar-refractivity contribution in [1.82, 2.24) is 29.8 Å². The number of carboxylic acids is 1. The number of hydrogen-bond acceptors (Lipinski definition) is 12. The Balaban J connectivity index is 1.17. The van der Waals surface area contributed by atoms with E-state index in [0.717, 1.165) is 13.1 Å². The average molecular weight is 667 g/mol. The number of nitrogens with zero attached hydrogens (tertiary/aromatic N) is 7. The molecule has 4 saturated heterocycles. The van der Waals surface area contributed by atoms with Crippen LogP contribution in [0, 0.1) is 11.8 Å². The number of alkyl halides is 2. The normalized spacial score (nSPS) is 24.0. The Hall–Kier alpha value is -4.43. The topological polar surface area (TPSA) is 151 Å². The summed E-state index contributed by atoms with van der Waals surface area (Å²) in [7, 11) is 0. The van der Waals surface area contributed by atoms with Gasteiger partial charge in [0.2, 0.25) is 17.7 Å². The SMILES string of the molecule is C[C@@H]1N(c2cc(C#CCN3CCOCC3)cnc2O[C@H]2C[C@@H](C(=O)O)N(c3nc(-c4ccc[nH]4)nc(C(F)F)n3)C2)CCOC12COC2. The van der Waals surface area contributed by atoms with Crippen molar-refractivity contribution in [3.05, 3.63) is 42.0 Å². The van der Waals surface area contributed by atoms with E-state index in [1.165, 1.54) is 4.90 Å². The molecule has 4 aliphatic rings. The third-order valence-corrected chi connectivity index (χ3v) is 9.18. The lowest BCUT2D eigenvalue weighted by molar-refractivity contribution is -0.228. The lowest BCUT2D eigenvalue weighted by atomic mass is 9.90. The van der Waals surface area contributed by atoms with Crippen molar-refractivity contribution in [2.75, 3.05) is 75.6 Å². The molecule has 0 bridgehead atoms. The standard InChI is InChI=1S/C32H36F2N8O6/c1-20-32(18-46-19-32)47-13-10-41(20)24-14-21(4-3-7-40-8-11-45-12-9-40)16-36-29(24)48-22-15-25(30(43)44)42(17-22)31-38-27(23-5-2-6-35-23)37-28(39-31)26(33)34/h2,5-6,14,16,20,22,25-26,35H,7-13,15,17-19H2,1H3,(H,43,44)/t20-,22-,25-/m0/s1. The number of aliphatic carboxylic acids is 1. The minimum absolute atomic E-state index is 0.0155. The molecular formula is C32H36F2N8O6. The summed E-state index contributed by atoms with van der Waals surface area (Å²) < 4.78 is 51.3. The Morgan fingerprint density at radius 3 is 2.71 bits per heavy atom. The number of aromatic nitrogens is 5. The van der Waals surface area contributed by atoms with Crippen LogP contribution < -0.4 is 14.5 Å². The van der Waals surface area contributed by atoms with Gasteiger partial charge in [0.25, 0.3) is 6.43 Å². The summed E-state index contributed by atoms with van der Waals surface area (Å²) in [5, 5.41) is 10.2. The highest BCUT2D eigenvalue weighted by molar-refractivity contribution is 5.78. The first-order chi connectivity index (χ1) is 23.3. The van der Waals surface area contributed by atoms with Crippen LogP contribution in [0.2, 0.25) is 0 Å². The Morgan fingerprint density at radius 1 is 1.17 bits per heavy atom. The fourth-order valence-corrected chi connectivity index (χ4v) is 6.41. The van der Waals surface area contributed by atoms with Crippen molar-refractivity contribution in [1.29, 1.82) is 0 Å². The van der Waals surface area contributed by atoms with E-state index in [4.69, 9.17) is 18.9 Å². The number of ether oxygens (including phenoxy) is 4. The number of halogens is 2. The second kappa shape index (κ2) is 13.6. The molecule has 0 aromatic carbocycles. The highest BCUT2D eigenvalue weighted by Gasteiger charge is 2.50. The van der Waals surface area contributed by atoms with Crippen LogP contribution in [0.25, 0.3) is 11.5 Å². The number of aromatic amines is 1. The number of nitrogens with one attached hydrogen (secondary N) is 1. The van der Waals surface area contributed by atoms with Gasteiger partial charge in [0, 0.05) is 44.0 Å². The summed E-state index contributed by atoms with van der Waals surface area (Å²) in [4.78, 5) is 38.0. The predicted octanol–water partition coefficient (Wildman–Crippen LogP) is 1.99. The summed E-state index contributed by atoms with van der Waals surface area (Å²) in [6, 6.07) is 4.05. The number of carboxylic acid groups (broad SMARTS) is 1. The summed E-state index contributed by atoms with van der Waals surface area (Å²) >= 11 is 0. The Labute approximate surface area is 275 Å². The molecule has 48 heavy (non-hydrogen) atoms. The van der Waals surface area contributed by atoms with E-state index in [-0.39, 0.29) is 30.8 Å². The highest BCUT2D eigenvalue weighted by Crippen LogP contribution is 2.39. The number of anilines is 2. The average Bonchev–Trinajstić information content (AvgIpc) is 3.77. The molecular weight excluding hydrogens is 630 g/mol. The monoisotopic (exact) mass is 666 g/mol. The van der Waals surface area contributed by atoms with Gasteiger partial charge in [-0.15, -0.1) is 0 Å². The molecule has 1 spiro atoms. The molecule has 7 heterocycles. The maximum atomic E-state index is 13.8. The van der Waals surface area contributed by atoms with Crippen LogP contribution in [-0.4, -0.2) is 130 Å². The Kier molecular flexibility index (Phi) is 9.10. The van der Waals surface area contributed by atoms with Gasteiger partial charge in [-0.3, -0.25) is 4.90 Å². The molecule has 0 radical (unpaired) electrons. The molecule has 4 aliphatic heterocycles. The second-order valence-electron chi connectivity index (χ2n) is 12.2. The molecule has 254 valence electrons. The molecule has 4 fully saturated rings. The van der Waals surface area contributed by atoms with Crippen molar-refractivity contribution in [3.63, 3.8) is 0 Å². The fraction of sp³-hybridized carbons (Fsp3) is 0.531. The van der Waals surface area contributed by atoms with E-state index in [1.54, 1.807) is 24.5 Å².